The minimum Gasteiger partial charge on any atom is -0.454 e. The van der Waals surface area contributed by atoms with Gasteiger partial charge in [-0.3, -0.25) is 9.69 Å². The fraction of sp³-hybridized carbons (Fsp3) is 0.529. The molecule has 8 nitrogen and oxygen atoms in total. The van der Waals surface area contributed by atoms with E-state index in [1.165, 1.54) is 0 Å². The molecule has 134 valence electrons. The Morgan fingerprint density at radius 1 is 1.28 bits per heavy atom. The number of ether oxygens (including phenoxy) is 3. The average Bonchev–Trinajstić information content (AvgIpc) is 3.30. The van der Waals surface area contributed by atoms with E-state index >= 15 is 0 Å². The fourth-order valence-electron chi connectivity index (χ4n) is 3.46. The summed E-state index contributed by atoms with van der Waals surface area (Å²) in [6.45, 7) is 1.13. The van der Waals surface area contributed by atoms with E-state index in [0.29, 0.717) is 31.1 Å². The van der Waals surface area contributed by atoms with Gasteiger partial charge in [0.1, 0.15) is 6.04 Å². The van der Waals surface area contributed by atoms with Gasteiger partial charge >= 0.3 is 6.03 Å². The van der Waals surface area contributed by atoms with Gasteiger partial charge < -0.3 is 24.2 Å². The highest BCUT2D eigenvalue weighted by atomic mass is 16.7. The summed E-state index contributed by atoms with van der Waals surface area (Å²) < 4.78 is 16.1. The van der Waals surface area contributed by atoms with Gasteiger partial charge in [-0.25, -0.2) is 4.79 Å². The summed E-state index contributed by atoms with van der Waals surface area (Å²) in [7, 11) is 0. The monoisotopic (exact) mass is 348 g/mol. The van der Waals surface area contributed by atoms with Crippen LogP contribution in [0.15, 0.2) is 18.2 Å². The number of benzene rings is 1. The summed E-state index contributed by atoms with van der Waals surface area (Å²) in [5.74, 6) is 1.17. The van der Waals surface area contributed by atoms with Crippen LogP contribution in [0, 0.1) is 0 Å². The number of urea groups is 1. The molecule has 0 unspecified atom stereocenters. The second kappa shape index (κ2) is 6.53. The van der Waals surface area contributed by atoms with Crippen molar-refractivity contribution < 1.29 is 28.9 Å². The number of aliphatic hydroxyl groups is 1. The van der Waals surface area contributed by atoms with E-state index in [9.17, 15) is 14.7 Å². The molecule has 8 heteroatoms. The van der Waals surface area contributed by atoms with Crippen LogP contribution < -0.4 is 9.47 Å². The number of hydrogen-bond acceptors (Lipinski definition) is 6. The lowest BCUT2D eigenvalue weighted by molar-refractivity contribution is -0.129. The number of fused-ring (bicyclic) bond motifs is 2. The van der Waals surface area contributed by atoms with Crippen LogP contribution in [-0.2, 0) is 16.1 Å². The van der Waals surface area contributed by atoms with Gasteiger partial charge in [0, 0.05) is 6.54 Å². The minimum atomic E-state index is -0.915. The van der Waals surface area contributed by atoms with Crippen LogP contribution in [-0.4, -0.2) is 65.5 Å². The molecule has 0 spiro atoms. The Bertz CT molecular complexity index is 672. The van der Waals surface area contributed by atoms with E-state index in [-0.39, 0.29) is 37.9 Å². The van der Waals surface area contributed by atoms with Gasteiger partial charge in [-0.2, -0.15) is 0 Å². The maximum absolute atomic E-state index is 12.2. The maximum Gasteiger partial charge on any atom is 0.327 e. The summed E-state index contributed by atoms with van der Waals surface area (Å²) in [6.07, 6.45) is 0.650. The van der Waals surface area contributed by atoms with Crippen LogP contribution >= 0.6 is 0 Å². The highest BCUT2D eigenvalue weighted by molar-refractivity contribution is 6.04. The molecular weight excluding hydrogens is 328 g/mol. The maximum atomic E-state index is 12.2. The summed E-state index contributed by atoms with van der Waals surface area (Å²) in [4.78, 5) is 27.1. The third kappa shape index (κ3) is 3.03. The number of aliphatic hydroxyl groups excluding tert-OH is 1. The molecule has 25 heavy (non-hydrogen) atoms. The van der Waals surface area contributed by atoms with Crippen LogP contribution in [0.5, 0.6) is 11.5 Å². The van der Waals surface area contributed by atoms with Crippen LogP contribution in [0.2, 0.25) is 0 Å². The average molecular weight is 348 g/mol. The normalized spacial score (nSPS) is 22.7. The lowest BCUT2D eigenvalue weighted by Gasteiger charge is -2.19. The molecule has 2 saturated heterocycles. The van der Waals surface area contributed by atoms with Crippen molar-refractivity contribution in [2.45, 2.75) is 31.6 Å². The van der Waals surface area contributed by atoms with Crippen molar-refractivity contribution in [2.24, 2.45) is 0 Å². The number of nitrogens with zero attached hydrogens (tertiary/aromatic N) is 2. The third-order valence-corrected chi connectivity index (χ3v) is 4.69. The Morgan fingerprint density at radius 2 is 2.12 bits per heavy atom. The summed E-state index contributed by atoms with van der Waals surface area (Å²) in [5.41, 5.74) is 0.894. The molecule has 3 heterocycles. The smallest absolute Gasteiger partial charge is 0.327 e. The molecule has 3 aliphatic rings. The highest BCUT2D eigenvalue weighted by Crippen LogP contribution is 2.32. The molecule has 0 aliphatic carbocycles. The van der Waals surface area contributed by atoms with Gasteiger partial charge in [-0.15, -0.1) is 0 Å². The van der Waals surface area contributed by atoms with Gasteiger partial charge in [0.05, 0.1) is 25.9 Å². The van der Waals surface area contributed by atoms with E-state index in [1.54, 1.807) is 4.90 Å². The molecule has 2 atom stereocenters. The summed E-state index contributed by atoms with van der Waals surface area (Å²) in [5, 5.41) is 10.1. The first-order valence-corrected chi connectivity index (χ1v) is 8.40. The van der Waals surface area contributed by atoms with Gasteiger partial charge in [0.25, 0.3) is 5.91 Å². The van der Waals surface area contributed by atoms with Crippen molar-refractivity contribution >= 4 is 11.9 Å². The first kappa shape index (κ1) is 16.2. The van der Waals surface area contributed by atoms with E-state index in [1.807, 2.05) is 18.2 Å². The number of rotatable bonds is 6. The SMILES string of the molecule is O=C1[C@H]2CCCN2C(=O)N1C[C@H](O)COCc1ccc2c(c1)OCO2. The van der Waals surface area contributed by atoms with Crippen LogP contribution in [0.3, 0.4) is 0 Å². The topological polar surface area (TPSA) is 88.5 Å². The van der Waals surface area contributed by atoms with Crippen molar-refractivity contribution in [3.8, 4) is 11.5 Å². The molecule has 2 fully saturated rings. The lowest BCUT2D eigenvalue weighted by atomic mass is 10.2. The zero-order valence-corrected chi connectivity index (χ0v) is 13.7. The first-order chi connectivity index (χ1) is 12.1. The lowest BCUT2D eigenvalue weighted by Crippen LogP contribution is -2.40. The summed E-state index contributed by atoms with van der Waals surface area (Å²) >= 11 is 0. The number of carbonyl (C=O) groups is 2. The predicted molar refractivity (Wildman–Crippen MR) is 85.1 cm³/mol. The Hall–Kier alpha value is -2.32. The number of β-amino-alcohol motifs (C(OH)–C–C–N with tert-alkyl or cyclic N) is 1. The fourth-order valence-corrected chi connectivity index (χ4v) is 3.46. The standard InChI is InChI=1S/C17H20N2O6/c20-12(7-19-16(21)13-2-1-5-18(13)17(19)22)9-23-8-11-3-4-14-15(6-11)25-10-24-14/h3-4,6,12-13,20H,1-2,5,7-10H2/t12-,13+/m0/s1. The largest absolute Gasteiger partial charge is 0.454 e. The molecule has 3 amide bonds. The van der Waals surface area contributed by atoms with Gasteiger partial charge in [0.15, 0.2) is 11.5 Å². The Balaban J connectivity index is 1.26. The third-order valence-electron chi connectivity index (χ3n) is 4.69. The van der Waals surface area contributed by atoms with Crippen molar-refractivity contribution in [1.29, 1.82) is 0 Å². The van der Waals surface area contributed by atoms with Crippen molar-refractivity contribution in [2.75, 3.05) is 26.5 Å². The minimum absolute atomic E-state index is 0.0359. The second-order valence-electron chi connectivity index (χ2n) is 6.44. The zero-order chi connectivity index (χ0) is 17.4. The number of imide groups is 1. The van der Waals surface area contributed by atoms with E-state index < -0.39 is 6.10 Å². The zero-order valence-electron chi connectivity index (χ0n) is 13.7. The molecular formula is C17H20N2O6. The second-order valence-corrected chi connectivity index (χ2v) is 6.44. The Kier molecular flexibility index (Phi) is 4.22. The first-order valence-electron chi connectivity index (χ1n) is 8.40. The van der Waals surface area contributed by atoms with Gasteiger partial charge in [0.2, 0.25) is 6.79 Å². The quantitative estimate of drug-likeness (QED) is 0.762. The molecule has 1 aromatic carbocycles. The number of hydrogen-bond donors (Lipinski definition) is 1. The van der Waals surface area contributed by atoms with Gasteiger partial charge in [-0.05, 0) is 30.5 Å². The van der Waals surface area contributed by atoms with E-state index in [0.717, 1.165) is 16.9 Å². The number of carbonyl (C=O) groups excluding carboxylic acids is 2. The van der Waals surface area contributed by atoms with E-state index in [4.69, 9.17) is 14.2 Å². The van der Waals surface area contributed by atoms with Gasteiger partial charge in [-0.1, -0.05) is 6.07 Å². The molecule has 0 saturated carbocycles. The Morgan fingerprint density at radius 3 is 2.96 bits per heavy atom. The Labute approximate surface area is 144 Å². The predicted octanol–water partition coefficient (Wildman–Crippen LogP) is 0.719. The van der Waals surface area contributed by atoms with E-state index in [2.05, 4.69) is 0 Å². The molecule has 1 N–H and O–H groups in total. The van der Waals surface area contributed by atoms with Crippen molar-refractivity contribution in [3.05, 3.63) is 23.8 Å². The highest BCUT2D eigenvalue weighted by Gasteiger charge is 2.47. The molecule has 0 radical (unpaired) electrons. The van der Waals surface area contributed by atoms with Crippen molar-refractivity contribution in [1.82, 2.24) is 9.80 Å². The molecule has 3 aliphatic heterocycles. The van der Waals surface area contributed by atoms with Crippen LogP contribution in [0.25, 0.3) is 0 Å². The molecule has 0 aromatic heterocycles. The van der Waals surface area contributed by atoms with Crippen LogP contribution in [0.1, 0.15) is 18.4 Å². The molecule has 1 aromatic rings. The summed E-state index contributed by atoms with van der Waals surface area (Å²) in [6, 6.07) is 4.86. The number of amides is 3. The van der Waals surface area contributed by atoms with Crippen LogP contribution in [0.4, 0.5) is 4.79 Å². The molecule has 4 rings (SSSR count). The van der Waals surface area contributed by atoms with Crippen molar-refractivity contribution in [3.63, 3.8) is 0 Å². The molecule has 0 bridgehead atoms.